The Bertz CT molecular complexity index is 279. The van der Waals surface area contributed by atoms with Crippen molar-refractivity contribution in [2.75, 3.05) is 0 Å². The highest BCUT2D eigenvalue weighted by Crippen LogP contribution is 2.24. The van der Waals surface area contributed by atoms with Crippen molar-refractivity contribution in [2.24, 2.45) is 0 Å². The number of benzene rings is 1. The Hall–Kier alpha value is -1.32. The van der Waals surface area contributed by atoms with Gasteiger partial charge < -0.3 is 0 Å². The van der Waals surface area contributed by atoms with Gasteiger partial charge in [0.05, 0.1) is 0 Å². The van der Waals surface area contributed by atoms with Gasteiger partial charge in [-0.25, -0.2) is 4.39 Å². The minimum atomic E-state index is -3.52. The second kappa shape index (κ2) is 2.97. The van der Waals surface area contributed by atoms with Gasteiger partial charge in [0, 0.05) is 5.56 Å². The molecule has 0 aromatic heterocycles. The third-order valence-electron chi connectivity index (χ3n) is 1.38. The smallest absolute Gasteiger partial charge is 0.296 e. The molecular weight excluding hydrogens is 169 g/mol. The van der Waals surface area contributed by atoms with Gasteiger partial charge >= 0.3 is 5.92 Å². The zero-order valence-electron chi connectivity index (χ0n) is 5.93. The molecule has 0 spiro atoms. The largest absolute Gasteiger partial charge is 0.327 e. The summed E-state index contributed by atoms with van der Waals surface area (Å²) in [5.41, 5.74) is -0.501. The Morgan fingerprint density at radius 3 is 2.08 bits per heavy atom. The number of halogens is 3. The van der Waals surface area contributed by atoms with Crippen LogP contribution in [0.25, 0.3) is 0 Å². The molecular formula is C8H5F3O. The normalized spacial score (nSPS) is 11.2. The predicted octanol–water partition coefficient (Wildman–Crippen LogP) is 2.12. The van der Waals surface area contributed by atoms with Crippen molar-refractivity contribution in [2.45, 2.75) is 5.92 Å². The zero-order valence-corrected chi connectivity index (χ0v) is 5.93. The molecule has 12 heavy (non-hydrogen) atoms. The van der Waals surface area contributed by atoms with Crippen molar-refractivity contribution >= 4 is 6.29 Å². The molecule has 0 unspecified atom stereocenters. The lowest BCUT2D eigenvalue weighted by molar-refractivity contribution is -0.130. The van der Waals surface area contributed by atoms with E-state index in [0.29, 0.717) is 0 Å². The number of carbonyl (C=O) groups excluding carboxylic acids is 1. The van der Waals surface area contributed by atoms with Crippen molar-refractivity contribution in [1.82, 2.24) is 0 Å². The van der Waals surface area contributed by atoms with Gasteiger partial charge in [-0.3, -0.25) is 4.79 Å². The molecule has 1 aromatic rings. The van der Waals surface area contributed by atoms with E-state index in [2.05, 4.69) is 0 Å². The number of rotatable bonds is 2. The lowest BCUT2D eigenvalue weighted by atomic mass is 10.1. The van der Waals surface area contributed by atoms with Crippen molar-refractivity contribution in [3.05, 3.63) is 35.6 Å². The molecule has 1 rings (SSSR count). The van der Waals surface area contributed by atoms with Crippen LogP contribution >= 0.6 is 0 Å². The van der Waals surface area contributed by atoms with Crippen LogP contribution in [0.1, 0.15) is 5.56 Å². The van der Waals surface area contributed by atoms with Gasteiger partial charge in [-0.2, -0.15) is 8.78 Å². The van der Waals surface area contributed by atoms with E-state index >= 15 is 0 Å². The maximum Gasteiger partial charge on any atom is 0.327 e. The van der Waals surface area contributed by atoms with E-state index in [1.165, 1.54) is 0 Å². The van der Waals surface area contributed by atoms with E-state index in [1.807, 2.05) is 0 Å². The van der Waals surface area contributed by atoms with Gasteiger partial charge in [0.2, 0.25) is 0 Å². The average Bonchev–Trinajstić information content (AvgIpc) is 2.05. The Morgan fingerprint density at radius 1 is 1.17 bits per heavy atom. The van der Waals surface area contributed by atoms with Crippen molar-refractivity contribution in [3.8, 4) is 0 Å². The number of carbonyl (C=O) groups is 1. The molecule has 4 heteroatoms. The minimum Gasteiger partial charge on any atom is -0.296 e. The third-order valence-corrected chi connectivity index (χ3v) is 1.38. The van der Waals surface area contributed by atoms with Crippen LogP contribution in [0.2, 0.25) is 0 Å². The third kappa shape index (κ3) is 1.64. The maximum absolute atomic E-state index is 12.5. The quantitative estimate of drug-likeness (QED) is 0.627. The monoisotopic (exact) mass is 174 g/mol. The topological polar surface area (TPSA) is 17.1 Å². The summed E-state index contributed by atoms with van der Waals surface area (Å²) in [6.45, 7) is 0. The van der Waals surface area contributed by atoms with Gasteiger partial charge in [-0.1, -0.05) is 0 Å². The van der Waals surface area contributed by atoms with Crippen LogP contribution in [0.15, 0.2) is 24.3 Å². The molecule has 0 bridgehead atoms. The fourth-order valence-corrected chi connectivity index (χ4v) is 0.740. The summed E-state index contributed by atoms with van der Waals surface area (Å²) in [7, 11) is 0. The number of hydrogen-bond acceptors (Lipinski definition) is 1. The molecule has 0 aliphatic heterocycles. The molecule has 1 aromatic carbocycles. The first-order chi connectivity index (χ1) is 5.56. The molecule has 0 heterocycles. The summed E-state index contributed by atoms with van der Waals surface area (Å²) >= 11 is 0. The number of hydrogen-bond donors (Lipinski definition) is 0. The summed E-state index contributed by atoms with van der Waals surface area (Å²) in [6, 6.07) is 3.52. The van der Waals surface area contributed by atoms with Crippen molar-refractivity contribution in [1.29, 1.82) is 0 Å². The van der Waals surface area contributed by atoms with E-state index in [4.69, 9.17) is 0 Å². The summed E-state index contributed by atoms with van der Waals surface area (Å²) in [5.74, 6) is -4.13. The first-order valence-electron chi connectivity index (χ1n) is 3.16. The zero-order chi connectivity index (χ0) is 9.19. The van der Waals surface area contributed by atoms with Gasteiger partial charge in [0.1, 0.15) is 5.82 Å². The summed E-state index contributed by atoms with van der Waals surface area (Å²) in [6.07, 6.45) is -0.472. The molecule has 0 aliphatic carbocycles. The lowest BCUT2D eigenvalue weighted by Crippen LogP contribution is -2.14. The average molecular weight is 174 g/mol. The standard InChI is InChI=1S/C8H5F3O/c9-7-3-1-6(2-4-7)8(10,11)5-12/h1-5H. The highest BCUT2D eigenvalue weighted by Gasteiger charge is 2.30. The Morgan fingerprint density at radius 2 is 1.67 bits per heavy atom. The lowest BCUT2D eigenvalue weighted by Gasteiger charge is -2.07. The van der Waals surface area contributed by atoms with Gasteiger partial charge in [0.15, 0.2) is 6.29 Å². The molecule has 0 radical (unpaired) electrons. The van der Waals surface area contributed by atoms with Crippen LogP contribution in [0.4, 0.5) is 13.2 Å². The van der Waals surface area contributed by atoms with Crippen LogP contribution < -0.4 is 0 Å². The molecule has 0 fully saturated rings. The number of aldehydes is 1. The Kier molecular flexibility index (Phi) is 2.17. The van der Waals surface area contributed by atoms with E-state index in [9.17, 15) is 18.0 Å². The Balaban J connectivity index is 3.04. The van der Waals surface area contributed by atoms with E-state index in [0.717, 1.165) is 24.3 Å². The van der Waals surface area contributed by atoms with Gasteiger partial charge in [-0.15, -0.1) is 0 Å². The van der Waals surface area contributed by atoms with Gasteiger partial charge in [0.25, 0.3) is 0 Å². The van der Waals surface area contributed by atoms with Crippen molar-refractivity contribution < 1.29 is 18.0 Å². The fourth-order valence-electron chi connectivity index (χ4n) is 0.740. The van der Waals surface area contributed by atoms with Crippen molar-refractivity contribution in [3.63, 3.8) is 0 Å². The molecule has 0 amide bonds. The fraction of sp³-hybridized carbons (Fsp3) is 0.125. The molecule has 0 aliphatic rings. The second-order valence-corrected chi connectivity index (χ2v) is 2.25. The predicted molar refractivity (Wildman–Crippen MR) is 36.4 cm³/mol. The van der Waals surface area contributed by atoms with Gasteiger partial charge in [-0.05, 0) is 24.3 Å². The molecule has 0 atom stereocenters. The first kappa shape index (κ1) is 8.77. The van der Waals surface area contributed by atoms with Crippen LogP contribution in [0.5, 0.6) is 0 Å². The minimum absolute atomic E-state index is 0.472. The highest BCUT2D eigenvalue weighted by atomic mass is 19.3. The molecule has 0 saturated heterocycles. The van der Waals surface area contributed by atoms with Crippen LogP contribution in [0.3, 0.4) is 0 Å². The summed E-state index contributed by atoms with van der Waals surface area (Å²) in [4.78, 5) is 9.87. The molecule has 1 nitrogen and oxygen atoms in total. The highest BCUT2D eigenvalue weighted by molar-refractivity contribution is 5.63. The van der Waals surface area contributed by atoms with E-state index in [1.54, 1.807) is 0 Å². The summed E-state index contributed by atoms with van der Waals surface area (Å²) < 4.78 is 37.3. The first-order valence-corrected chi connectivity index (χ1v) is 3.16. The van der Waals surface area contributed by atoms with Crippen LogP contribution in [-0.4, -0.2) is 6.29 Å². The molecule has 0 N–H and O–H groups in total. The molecule has 64 valence electrons. The Labute approximate surface area is 66.8 Å². The van der Waals surface area contributed by atoms with Crippen LogP contribution in [-0.2, 0) is 10.7 Å². The van der Waals surface area contributed by atoms with E-state index < -0.39 is 23.6 Å². The summed E-state index contributed by atoms with van der Waals surface area (Å²) in [5, 5.41) is 0. The second-order valence-electron chi connectivity index (χ2n) is 2.25. The SMILES string of the molecule is O=CC(F)(F)c1ccc(F)cc1. The number of alkyl halides is 2. The molecule has 0 saturated carbocycles. The van der Waals surface area contributed by atoms with E-state index in [-0.39, 0.29) is 0 Å². The van der Waals surface area contributed by atoms with Crippen LogP contribution in [0, 0.1) is 5.82 Å². The maximum atomic E-state index is 12.5.